The second-order valence-electron chi connectivity index (χ2n) is 8.79. The predicted molar refractivity (Wildman–Crippen MR) is 130 cm³/mol. The van der Waals surface area contributed by atoms with Crippen molar-refractivity contribution in [2.45, 2.75) is 122 Å². The van der Waals surface area contributed by atoms with E-state index in [0.717, 1.165) is 24.8 Å². The number of hydrogen-bond acceptors (Lipinski definition) is 4. The first-order chi connectivity index (χ1) is 15.1. The van der Waals surface area contributed by atoms with Gasteiger partial charge in [-0.25, -0.2) is 4.79 Å². The van der Waals surface area contributed by atoms with Crippen LogP contribution < -0.4 is 35.3 Å². The number of benzene rings is 1. The minimum Gasteiger partial charge on any atom is -1.00 e. The average Bonchev–Trinajstić information content (AvgIpc) is 2.77. The van der Waals surface area contributed by atoms with Crippen molar-refractivity contribution in [2.24, 2.45) is 5.73 Å². The fraction of sp³-hybridized carbons (Fsp3) is 0.704. The summed E-state index contributed by atoms with van der Waals surface area (Å²) in [6.45, 7) is 2.27. The topological polar surface area (TPSA) is 69.4 Å². The van der Waals surface area contributed by atoms with E-state index in [1.165, 1.54) is 77.0 Å². The van der Waals surface area contributed by atoms with Crippen LogP contribution >= 0.6 is 0 Å². The number of rotatable bonds is 19. The van der Waals surface area contributed by atoms with E-state index in [1.807, 2.05) is 30.3 Å². The third-order valence-electron chi connectivity index (χ3n) is 5.80. The van der Waals surface area contributed by atoms with Crippen LogP contribution in [0.2, 0.25) is 0 Å². The van der Waals surface area contributed by atoms with E-state index in [0.29, 0.717) is 12.8 Å². The van der Waals surface area contributed by atoms with Crippen molar-refractivity contribution in [3.05, 3.63) is 35.9 Å². The fourth-order valence-corrected chi connectivity index (χ4v) is 3.83. The maximum absolute atomic E-state index is 12.0. The molecule has 0 fully saturated rings. The Hall–Kier alpha value is -0.680. The summed E-state index contributed by atoms with van der Waals surface area (Å²) < 4.78 is 4.90. The molecule has 0 bridgehead atoms. The molecule has 0 heterocycles. The Morgan fingerprint density at radius 2 is 1.22 bits per heavy atom. The van der Waals surface area contributed by atoms with Crippen molar-refractivity contribution in [1.82, 2.24) is 0 Å². The van der Waals surface area contributed by atoms with Gasteiger partial charge in [0.2, 0.25) is 0 Å². The largest absolute Gasteiger partial charge is 1.00 e. The Kier molecular flexibility index (Phi) is 21.7. The van der Waals surface area contributed by atoms with Gasteiger partial charge in [0.25, 0.3) is 0 Å². The molecule has 0 amide bonds. The van der Waals surface area contributed by atoms with Crippen LogP contribution in [-0.2, 0) is 20.7 Å². The van der Waals surface area contributed by atoms with Crippen molar-refractivity contribution in [3.63, 3.8) is 0 Å². The second kappa shape index (κ2) is 22.1. The Morgan fingerprint density at radius 3 is 1.69 bits per heavy atom. The van der Waals surface area contributed by atoms with E-state index in [4.69, 9.17) is 10.5 Å². The van der Waals surface area contributed by atoms with Gasteiger partial charge in [0.15, 0.2) is 0 Å². The molecular weight excluding hydrogens is 409 g/mol. The Labute approximate surface area is 220 Å². The zero-order valence-corrected chi connectivity index (χ0v) is 22.8. The van der Waals surface area contributed by atoms with Gasteiger partial charge in [-0.3, -0.25) is 4.79 Å². The van der Waals surface area contributed by atoms with Crippen LogP contribution in [0.15, 0.2) is 30.3 Å². The van der Waals surface area contributed by atoms with Crippen molar-refractivity contribution in [2.75, 3.05) is 0 Å². The van der Waals surface area contributed by atoms with Crippen molar-refractivity contribution in [1.29, 1.82) is 0 Å². The summed E-state index contributed by atoms with van der Waals surface area (Å²) in [7, 11) is 0. The van der Waals surface area contributed by atoms with E-state index < -0.39 is 18.0 Å². The van der Waals surface area contributed by atoms with E-state index in [-0.39, 0.29) is 31.0 Å². The standard InChI is InChI=1S/C27H45NO3.Na.H/c1-2-3-4-5-6-7-8-9-10-11-12-13-14-15-19-22-26(29)31-27(30)25(28)23-24-20-17-16-18-21-24;;/h16-18,20-21,25H,2-15,19,22-23,28H2,1H3;;/q;+1;-1. The monoisotopic (exact) mass is 455 g/mol. The van der Waals surface area contributed by atoms with Gasteiger partial charge in [0.1, 0.15) is 6.04 Å². The summed E-state index contributed by atoms with van der Waals surface area (Å²) in [4.78, 5) is 23.8. The van der Waals surface area contributed by atoms with Gasteiger partial charge in [-0.1, -0.05) is 127 Å². The summed E-state index contributed by atoms with van der Waals surface area (Å²) in [6.07, 6.45) is 19.9. The van der Waals surface area contributed by atoms with Crippen LogP contribution in [0.3, 0.4) is 0 Å². The molecule has 1 unspecified atom stereocenters. The van der Waals surface area contributed by atoms with Gasteiger partial charge < -0.3 is 11.9 Å². The van der Waals surface area contributed by atoms with E-state index in [1.54, 1.807) is 0 Å². The van der Waals surface area contributed by atoms with E-state index in [2.05, 4.69) is 6.92 Å². The average molecular weight is 456 g/mol. The zero-order valence-electron chi connectivity index (χ0n) is 21.8. The molecule has 1 atom stereocenters. The van der Waals surface area contributed by atoms with Crippen LogP contribution in [0, 0.1) is 0 Å². The van der Waals surface area contributed by atoms with Gasteiger partial charge in [0.05, 0.1) is 0 Å². The minimum atomic E-state index is -0.799. The number of carbonyl (C=O) groups excluding carboxylic acids is 2. The summed E-state index contributed by atoms with van der Waals surface area (Å²) in [5, 5.41) is 0. The molecule has 1 rings (SSSR count). The molecule has 0 aliphatic rings. The molecule has 0 aliphatic carbocycles. The summed E-state index contributed by atoms with van der Waals surface area (Å²) in [5.41, 5.74) is 6.82. The summed E-state index contributed by atoms with van der Waals surface area (Å²) in [5.74, 6) is -1.09. The number of carbonyl (C=O) groups is 2. The number of unbranched alkanes of at least 4 members (excludes halogenated alkanes) is 14. The molecule has 178 valence electrons. The molecule has 0 saturated heterocycles. The molecule has 0 aliphatic heterocycles. The van der Waals surface area contributed by atoms with Crippen LogP contribution in [-0.4, -0.2) is 18.0 Å². The number of hydrogen-bond donors (Lipinski definition) is 1. The minimum absolute atomic E-state index is 0. The molecule has 5 heteroatoms. The van der Waals surface area contributed by atoms with Gasteiger partial charge in [-0.15, -0.1) is 0 Å². The number of ether oxygens (including phenoxy) is 1. The molecular formula is C27H46NNaO3. The molecule has 2 N–H and O–H groups in total. The summed E-state index contributed by atoms with van der Waals surface area (Å²) >= 11 is 0. The quantitative estimate of drug-likeness (QED) is 0.148. The summed E-state index contributed by atoms with van der Waals surface area (Å²) in [6, 6.07) is 8.72. The molecule has 4 nitrogen and oxygen atoms in total. The SMILES string of the molecule is CCCCCCCCCCCCCCCCCC(=O)OC(=O)C(N)Cc1ccccc1.[H-].[Na+]. The van der Waals surface area contributed by atoms with E-state index in [9.17, 15) is 9.59 Å². The first-order valence-electron chi connectivity index (χ1n) is 12.7. The van der Waals surface area contributed by atoms with Gasteiger partial charge >= 0.3 is 41.5 Å². The maximum atomic E-state index is 12.0. The van der Waals surface area contributed by atoms with Crippen LogP contribution in [0.4, 0.5) is 0 Å². The van der Waals surface area contributed by atoms with Crippen LogP contribution in [0.25, 0.3) is 0 Å². The van der Waals surface area contributed by atoms with Crippen molar-refractivity contribution >= 4 is 11.9 Å². The van der Waals surface area contributed by atoms with Gasteiger partial charge in [0, 0.05) is 6.42 Å². The third kappa shape index (κ3) is 17.8. The maximum Gasteiger partial charge on any atom is 1.00 e. The Bertz CT molecular complexity index is 586. The predicted octanol–water partition coefficient (Wildman–Crippen LogP) is 4.00. The molecule has 32 heavy (non-hydrogen) atoms. The van der Waals surface area contributed by atoms with Crippen molar-refractivity contribution in [3.8, 4) is 0 Å². The van der Waals surface area contributed by atoms with Crippen molar-refractivity contribution < 1.29 is 45.3 Å². The van der Waals surface area contributed by atoms with Crippen LogP contribution in [0.1, 0.15) is 117 Å². The first kappa shape index (κ1) is 31.3. The van der Waals surface area contributed by atoms with Crippen LogP contribution in [0.5, 0.6) is 0 Å². The molecule has 1 aromatic carbocycles. The molecule has 1 aromatic rings. The number of nitrogens with two attached hydrogens (primary N) is 1. The normalized spacial score (nSPS) is 11.6. The van der Waals surface area contributed by atoms with E-state index >= 15 is 0 Å². The Morgan fingerprint density at radius 1 is 0.781 bits per heavy atom. The number of esters is 2. The fourth-order valence-electron chi connectivity index (χ4n) is 3.83. The second-order valence-corrected chi connectivity index (χ2v) is 8.79. The molecule has 0 radical (unpaired) electrons. The third-order valence-corrected chi connectivity index (χ3v) is 5.80. The Balaban J connectivity index is 0. The molecule has 0 saturated carbocycles. The molecule has 0 spiro atoms. The first-order valence-corrected chi connectivity index (χ1v) is 12.7. The zero-order chi connectivity index (χ0) is 22.6. The molecule has 0 aromatic heterocycles. The van der Waals surface area contributed by atoms with Gasteiger partial charge in [-0.2, -0.15) is 0 Å². The van der Waals surface area contributed by atoms with Gasteiger partial charge in [-0.05, 0) is 18.4 Å². The smallest absolute Gasteiger partial charge is 1.00 e.